The molecule has 0 aliphatic rings. The SMILES string of the molecule is CN(CCC#N)c1cc(-n2cnc(Nc3ccccc3)n2)ccn1. The van der Waals surface area contributed by atoms with E-state index in [2.05, 4.69) is 26.5 Å². The predicted octanol–water partition coefficient (Wildman–Crippen LogP) is 2.76. The molecule has 0 unspecified atom stereocenters. The van der Waals surface area contributed by atoms with Crippen molar-refractivity contribution < 1.29 is 0 Å². The van der Waals surface area contributed by atoms with Crippen molar-refractivity contribution in [1.29, 1.82) is 5.26 Å². The predicted molar refractivity (Wildman–Crippen MR) is 92.4 cm³/mol. The molecule has 7 nitrogen and oxygen atoms in total. The van der Waals surface area contributed by atoms with E-state index in [1.54, 1.807) is 17.2 Å². The number of nitriles is 1. The zero-order chi connectivity index (χ0) is 16.8. The van der Waals surface area contributed by atoms with Crippen LogP contribution >= 0.6 is 0 Å². The van der Waals surface area contributed by atoms with Crippen molar-refractivity contribution >= 4 is 17.5 Å². The molecule has 0 radical (unpaired) electrons. The molecule has 3 aromatic rings. The molecule has 0 saturated heterocycles. The number of pyridine rings is 1. The Morgan fingerprint density at radius 1 is 1.21 bits per heavy atom. The van der Waals surface area contributed by atoms with Gasteiger partial charge in [-0.2, -0.15) is 10.2 Å². The van der Waals surface area contributed by atoms with Gasteiger partial charge in [0.25, 0.3) is 0 Å². The molecule has 0 atom stereocenters. The summed E-state index contributed by atoms with van der Waals surface area (Å²) in [6, 6.07) is 15.7. The fraction of sp³-hybridized carbons (Fsp3) is 0.176. The number of hydrogen-bond donors (Lipinski definition) is 1. The van der Waals surface area contributed by atoms with Gasteiger partial charge in [0, 0.05) is 31.5 Å². The minimum Gasteiger partial charge on any atom is -0.359 e. The smallest absolute Gasteiger partial charge is 0.246 e. The van der Waals surface area contributed by atoms with Gasteiger partial charge in [0.15, 0.2) is 0 Å². The molecule has 2 aromatic heterocycles. The lowest BCUT2D eigenvalue weighted by molar-refractivity contribution is 0.859. The Balaban J connectivity index is 1.76. The topological polar surface area (TPSA) is 82.7 Å². The average molecular weight is 319 g/mol. The normalized spacial score (nSPS) is 10.2. The van der Waals surface area contributed by atoms with E-state index in [-0.39, 0.29) is 0 Å². The Morgan fingerprint density at radius 3 is 2.83 bits per heavy atom. The van der Waals surface area contributed by atoms with Gasteiger partial charge >= 0.3 is 0 Å². The summed E-state index contributed by atoms with van der Waals surface area (Å²) in [5, 5.41) is 16.3. The van der Waals surface area contributed by atoms with Crippen LogP contribution in [-0.2, 0) is 0 Å². The van der Waals surface area contributed by atoms with Crippen LogP contribution in [0.15, 0.2) is 55.0 Å². The van der Waals surface area contributed by atoms with E-state index in [9.17, 15) is 0 Å². The Hall–Kier alpha value is -3.40. The van der Waals surface area contributed by atoms with Crippen molar-refractivity contribution in [3.8, 4) is 11.8 Å². The van der Waals surface area contributed by atoms with Gasteiger partial charge in [-0.15, -0.1) is 5.10 Å². The van der Waals surface area contributed by atoms with Crippen LogP contribution < -0.4 is 10.2 Å². The molecule has 0 saturated carbocycles. The third kappa shape index (κ3) is 3.67. The lowest BCUT2D eigenvalue weighted by atomic mass is 10.3. The Morgan fingerprint density at radius 2 is 2.04 bits per heavy atom. The second-order valence-corrected chi connectivity index (χ2v) is 5.21. The van der Waals surface area contributed by atoms with E-state index in [0.29, 0.717) is 18.9 Å². The highest BCUT2D eigenvalue weighted by molar-refractivity contribution is 5.53. The van der Waals surface area contributed by atoms with Crippen LogP contribution in [0.1, 0.15) is 6.42 Å². The Kier molecular flexibility index (Phi) is 4.68. The number of hydrogen-bond acceptors (Lipinski definition) is 6. The molecule has 1 N–H and O–H groups in total. The monoisotopic (exact) mass is 319 g/mol. The molecule has 3 rings (SSSR count). The number of anilines is 3. The summed E-state index contributed by atoms with van der Waals surface area (Å²) in [5.74, 6) is 1.31. The number of nitrogens with one attached hydrogen (secondary N) is 1. The van der Waals surface area contributed by atoms with Crippen molar-refractivity contribution in [3.63, 3.8) is 0 Å². The second kappa shape index (κ2) is 7.24. The summed E-state index contributed by atoms with van der Waals surface area (Å²) in [4.78, 5) is 10.5. The first kappa shape index (κ1) is 15.5. The second-order valence-electron chi connectivity index (χ2n) is 5.21. The molecular weight excluding hydrogens is 302 g/mol. The number of benzene rings is 1. The summed E-state index contributed by atoms with van der Waals surface area (Å²) in [7, 11) is 1.91. The Labute approximate surface area is 140 Å². The highest BCUT2D eigenvalue weighted by Gasteiger charge is 2.07. The Bertz CT molecular complexity index is 835. The van der Waals surface area contributed by atoms with Gasteiger partial charge in [-0.3, -0.25) is 0 Å². The molecular formula is C17H17N7. The minimum absolute atomic E-state index is 0.455. The summed E-state index contributed by atoms with van der Waals surface area (Å²) >= 11 is 0. The van der Waals surface area contributed by atoms with Crippen molar-refractivity contribution in [2.75, 3.05) is 23.8 Å². The van der Waals surface area contributed by atoms with Crippen LogP contribution in [0.25, 0.3) is 5.69 Å². The number of nitrogens with zero attached hydrogens (tertiary/aromatic N) is 6. The number of para-hydroxylation sites is 1. The zero-order valence-electron chi connectivity index (χ0n) is 13.3. The first-order valence-electron chi connectivity index (χ1n) is 7.54. The maximum Gasteiger partial charge on any atom is 0.246 e. The molecule has 7 heteroatoms. The first-order valence-corrected chi connectivity index (χ1v) is 7.54. The molecule has 120 valence electrons. The molecule has 0 fully saturated rings. The van der Waals surface area contributed by atoms with E-state index in [1.807, 2.05) is 54.4 Å². The van der Waals surface area contributed by atoms with Gasteiger partial charge < -0.3 is 10.2 Å². The van der Waals surface area contributed by atoms with Crippen molar-refractivity contribution in [2.24, 2.45) is 0 Å². The van der Waals surface area contributed by atoms with Crippen LogP contribution in [0, 0.1) is 11.3 Å². The van der Waals surface area contributed by atoms with Crippen LogP contribution in [0.2, 0.25) is 0 Å². The summed E-state index contributed by atoms with van der Waals surface area (Å²) in [5.41, 5.74) is 1.79. The van der Waals surface area contributed by atoms with Crippen molar-refractivity contribution in [2.45, 2.75) is 6.42 Å². The molecule has 0 amide bonds. The molecule has 0 spiro atoms. The van der Waals surface area contributed by atoms with Gasteiger partial charge in [-0.05, 0) is 18.2 Å². The van der Waals surface area contributed by atoms with Crippen LogP contribution in [0.3, 0.4) is 0 Å². The molecule has 1 aromatic carbocycles. The first-order chi connectivity index (χ1) is 11.8. The molecule has 2 heterocycles. The van der Waals surface area contributed by atoms with E-state index < -0.39 is 0 Å². The van der Waals surface area contributed by atoms with E-state index in [1.165, 1.54) is 0 Å². The number of aromatic nitrogens is 4. The molecule has 24 heavy (non-hydrogen) atoms. The number of rotatable bonds is 6. The van der Waals surface area contributed by atoms with Gasteiger partial charge in [-0.25, -0.2) is 9.67 Å². The fourth-order valence-electron chi connectivity index (χ4n) is 2.19. The van der Waals surface area contributed by atoms with Crippen molar-refractivity contribution in [1.82, 2.24) is 19.7 Å². The van der Waals surface area contributed by atoms with Crippen LogP contribution in [-0.4, -0.2) is 33.3 Å². The standard InChI is InChI=1S/C17H17N7/c1-23(11-5-9-18)16-12-15(8-10-19-16)24-13-20-17(22-24)21-14-6-3-2-4-7-14/h2-4,6-8,10,12-13H,5,11H2,1H3,(H,21,22). The van der Waals surface area contributed by atoms with Crippen molar-refractivity contribution in [3.05, 3.63) is 55.0 Å². The maximum absolute atomic E-state index is 8.69. The molecule has 0 aliphatic carbocycles. The third-order valence-corrected chi connectivity index (χ3v) is 3.47. The summed E-state index contributed by atoms with van der Waals surface area (Å²) in [6.45, 7) is 0.630. The van der Waals surface area contributed by atoms with Gasteiger partial charge in [-0.1, -0.05) is 18.2 Å². The van der Waals surface area contributed by atoms with Gasteiger partial charge in [0.1, 0.15) is 12.1 Å². The average Bonchev–Trinajstić information content (AvgIpc) is 3.09. The summed E-state index contributed by atoms with van der Waals surface area (Å²) in [6.07, 6.45) is 3.83. The van der Waals surface area contributed by atoms with Crippen LogP contribution in [0.5, 0.6) is 0 Å². The van der Waals surface area contributed by atoms with Gasteiger partial charge in [0.05, 0.1) is 18.2 Å². The fourth-order valence-corrected chi connectivity index (χ4v) is 2.19. The zero-order valence-corrected chi connectivity index (χ0v) is 13.3. The lowest BCUT2D eigenvalue weighted by Crippen LogP contribution is -2.19. The van der Waals surface area contributed by atoms with Gasteiger partial charge in [0.2, 0.25) is 5.95 Å². The van der Waals surface area contributed by atoms with E-state index >= 15 is 0 Å². The van der Waals surface area contributed by atoms with Crippen LogP contribution in [0.4, 0.5) is 17.5 Å². The molecule has 0 aliphatic heterocycles. The third-order valence-electron chi connectivity index (χ3n) is 3.47. The largest absolute Gasteiger partial charge is 0.359 e. The summed E-state index contributed by atoms with van der Waals surface area (Å²) < 4.78 is 1.69. The highest BCUT2D eigenvalue weighted by Crippen LogP contribution is 2.16. The van der Waals surface area contributed by atoms with E-state index in [0.717, 1.165) is 17.2 Å². The quantitative estimate of drug-likeness (QED) is 0.752. The maximum atomic E-state index is 8.69. The van der Waals surface area contributed by atoms with E-state index in [4.69, 9.17) is 5.26 Å². The lowest BCUT2D eigenvalue weighted by Gasteiger charge is -2.16. The minimum atomic E-state index is 0.455. The molecule has 0 bridgehead atoms. The highest BCUT2D eigenvalue weighted by atomic mass is 15.4.